The van der Waals surface area contributed by atoms with E-state index in [0.717, 1.165) is 43.3 Å². The molecule has 30 heavy (non-hydrogen) atoms. The molecule has 2 aromatic carbocycles. The number of alkyl halides is 2. The van der Waals surface area contributed by atoms with Crippen LogP contribution in [0.4, 0.5) is 24.7 Å². The predicted octanol–water partition coefficient (Wildman–Crippen LogP) is 4.11. The zero-order valence-electron chi connectivity index (χ0n) is 16.3. The fourth-order valence-corrected chi connectivity index (χ4v) is 3.55. The maximum absolute atomic E-state index is 14.5. The number of nitrogens with zero attached hydrogens (tertiary/aromatic N) is 4. The lowest BCUT2D eigenvalue weighted by Gasteiger charge is -2.29. The van der Waals surface area contributed by atoms with Gasteiger partial charge in [0.15, 0.2) is 5.82 Å². The first-order valence-electron chi connectivity index (χ1n) is 9.46. The Morgan fingerprint density at radius 1 is 1.07 bits per heavy atom. The number of benzene rings is 2. The van der Waals surface area contributed by atoms with Gasteiger partial charge in [0.1, 0.15) is 5.82 Å². The molecule has 6 nitrogen and oxygen atoms in total. The molecule has 1 aliphatic heterocycles. The Balaban J connectivity index is 0.00000256. The van der Waals surface area contributed by atoms with E-state index in [-0.39, 0.29) is 18.0 Å². The number of hydrogen-bond acceptors (Lipinski definition) is 6. The van der Waals surface area contributed by atoms with E-state index in [1.165, 1.54) is 12.1 Å². The van der Waals surface area contributed by atoms with Gasteiger partial charge in [0.25, 0.3) is 6.43 Å². The van der Waals surface area contributed by atoms with Crippen molar-refractivity contribution in [2.45, 2.75) is 19.4 Å². The first-order chi connectivity index (χ1) is 14.0. The van der Waals surface area contributed by atoms with Crippen LogP contribution in [-0.4, -0.2) is 41.6 Å². The lowest BCUT2D eigenvalue weighted by molar-refractivity contribution is 0.146. The van der Waals surface area contributed by atoms with Gasteiger partial charge in [0, 0.05) is 42.8 Å². The summed E-state index contributed by atoms with van der Waals surface area (Å²) in [7, 11) is 0. The van der Waals surface area contributed by atoms with E-state index >= 15 is 0 Å². The SMILES string of the molecule is C[C@@H](Nc1nnnc2ccc(N3CCNCC3)cc12)c1cccc(C(F)F)c1F.Cl. The smallest absolute Gasteiger partial charge is 0.266 e. The van der Waals surface area contributed by atoms with E-state index in [4.69, 9.17) is 0 Å². The fraction of sp³-hybridized carbons (Fsp3) is 0.350. The lowest BCUT2D eigenvalue weighted by Crippen LogP contribution is -2.43. The van der Waals surface area contributed by atoms with Crippen LogP contribution < -0.4 is 15.5 Å². The van der Waals surface area contributed by atoms with Crippen molar-refractivity contribution in [3.8, 4) is 0 Å². The summed E-state index contributed by atoms with van der Waals surface area (Å²) < 4.78 is 40.6. The molecule has 160 valence electrons. The molecule has 0 saturated carbocycles. The second-order valence-electron chi connectivity index (χ2n) is 6.99. The number of rotatable bonds is 5. The summed E-state index contributed by atoms with van der Waals surface area (Å²) in [4.78, 5) is 2.26. The van der Waals surface area contributed by atoms with Gasteiger partial charge in [-0.15, -0.1) is 22.6 Å². The summed E-state index contributed by atoms with van der Waals surface area (Å²) in [5.41, 5.74) is 1.22. The minimum atomic E-state index is -2.87. The molecule has 0 aliphatic carbocycles. The molecule has 0 amide bonds. The van der Waals surface area contributed by atoms with Crippen LogP contribution in [0.15, 0.2) is 36.4 Å². The zero-order chi connectivity index (χ0) is 20.4. The quantitative estimate of drug-likeness (QED) is 0.625. The van der Waals surface area contributed by atoms with Crippen LogP contribution in [0.1, 0.15) is 30.5 Å². The summed E-state index contributed by atoms with van der Waals surface area (Å²) in [5.74, 6) is -0.475. The highest BCUT2D eigenvalue weighted by Crippen LogP contribution is 2.31. The van der Waals surface area contributed by atoms with Crippen LogP contribution in [0.2, 0.25) is 0 Å². The van der Waals surface area contributed by atoms with Gasteiger partial charge in [-0.1, -0.05) is 18.2 Å². The van der Waals surface area contributed by atoms with Gasteiger partial charge in [-0.25, -0.2) is 13.2 Å². The first-order valence-corrected chi connectivity index (χ1v) is 9.46. The first kappa shape index (κ1) is 22.0. The van der Waals surface area contributed by atoms with E-state index in [1.807, 2.05) is 18.2 Å². The number of hydrogen-bond donors (Lipinski definition) is 2. The van der Waals surface area contributed by atoms with Crippen LogP contribution in [0.3, 0.4) is 0 Å². The fourth-order valence-electron chi connectivity index (χ4n) is 3.55. The van der Waals surface area contributed by atoms with Gasteiger partial charge in [-0.3, -0.25) is 0 Å². The number of anilines is 2. The Bertz CT molecular complexity index is 1010. The van der Waals surface area contributed by atoms with Gasteiger partial charge in [-0.05, 0) is 30.3 Å². The van der Waals surface area contributed by atoms with Crippen LogP contribution in [-0.2, 0) is 0 Å². The third kappa shape index (κ3) is 4.41. The Labute approximate surface area is 178 Å². The minimum Gasteiger partial charge on any atom is -0.369 e. The monoisotopic (exact) mass is 438 g/mol. The second-order valence-corrected chi connectivity index (χ2v) is 6.99. The summed E-state index contributed by atoms with van der Waals surface area (Å²) >= 11 is 0. The topological polar surface area (TPSA) is 66.0 Å². The molecule has 1 saturated heterocycles. The maximum atomic E-state index is 14.5. The summed E-state index contributed by atoms with van der Waals surface area (Å²) in [5, 5.41) is 19.1. The van der Waals surface area contributed by atoms with Crippen molar-refractivity contribution in [2.75, 3.05) is 36.4 Å². The van der Waals surface area contributed by atoms with Gasteiger partial charge in [-0.2, -0.15) is 0 Å². The normalized spacial score (nSPS) is 15.2. The Morgan fingerprint density at radius 3 is 2.53 bits per heavy atom. The molecule has 3 aromatic rings. The van der Waals surface area contributed by atoms with Gasteiger partial charge in [0.05, 0.1) is 17.1 Å². The molecule has 1 aromatic heterocycles. The molecule has 0 spiro atoms. The molecular formula is C20H22ClF3N6. The maximum Gasteiger partial charge on any atom is 0.266 e. The standard InChI is InChI=1S/C20H21F3N6.ClH/c1-12(14-3-2-4-15(18(14)21)19(22)23)25-20-16-11-13(29-9-7-24-8-10-29)5-6-17(16)26-28-27-20;/h2-6,11-12,19,24H,7-10H2,1H3,(H,25,26,27);1H/t12-;/m1./s1. The molecule has 1 fully saturated rings. The van der Waals surface area contributed by atoms with Crippen molar-refractivity contribution in [2.24, 2.45) is 0 Å². The average Bonchev–Trinajstić information content (AvgIpc) is 2.74. The van der Waals surface area contributed by atoms with Crippen molar-refractivity contribution < 1.29 is 13.2 Å². The number of halogens is 4. The van der Waals surface area contributed by atoms with Crippen LogP contribution in [0.5, 0.6) is 0 Å². The number of piperazine rings is 1. The highest BCUT2D eigenvalue weighted by Gasteiger charge is 2.20. The van der Waals surface area contributed by atoms with Crippen molar-refractivity contribution in [3.05, 3.63) is 53.3 Å². The van der Waals surface area contributed by atoms with E-state index in [9.17, 15) is 13.2 Å². The summed E-state index contributed by atoms with van der Waals surface area (Å²) in [6.45, 7) is 5.30. The summed E-state index contributed by atoms with van der Waals surface area (Å²) in [6.07, 6.45) is -2.87. The Kier molecular flexibility index (Phi) is 6.94. The largest absolute Gasteiger partial charge is 0.369 e. The van der Waals surface area contributed by atoms with Crippen molar-refractivity contribution in [3.63, 3.8) is 0 Å². The Hall–Kier alpha value is -2.65. The predicted molar refractivity (Wildman–Crippen MR) is 113 cm³/mol. The molecule has 2 N–H and O–H groups in total. The highest BCUT2D eigenvalue weighted by atomic mass is 35.5. The second kappa shape index (κ2) is 9.44. The number of nitrogens with one attached hydrogen (secondary N) is 2. The van der Waals surface area contributed by atoms with Crippen LogP contribution in [0.25, 0.3) is 10.9 Å². The molecule has 4 rings (SSSR count). The van der Waals surface area contributed by atoms with Crippen LogP contribution in [0, 0.1) is 5.82 Å². The van der Waals surface area contributed by atoms with Gasteiger partial charge >= 0.3 is 0 Å². The zero-order valence-corrected chi connectivity index (χ0v) is 17.1. The van der Waals surface area contributed by atoms with Crippen molar-refractivity contribution in [1.29, 1.82) is 0 Å². The van der Waals surface area contributed by atoms with E-state index in [1.54, 1.807) is 6.92 Å². The molecular weight excluding hydrogens is 417 g/mol. The van der Waals surface area contributed by atoms with Crippen LogP contribution >= 0.6 is 12.4 Å². The van der Waals surface area contributed by atoms with E-state index < -0.39 is 23.8 Å². The van der Waals surface area contributed by atoms with Gasteiger partial charge in [0.2, 0.25) is 0 Å². The number of aromatic nitrogens is 3. The molecule has 2 heterocycles. The molecule has 0 bridgehead atoms. The molecule has 1 aliphatic rings. The lowest BCUT2D eigenvalue weighted by atomic mass is 10.0. The average molecular weight is 439 g/mol. The van der Waals surface area contributed by atoms with E-state index in [2.05, 4.69) is 30.9 Å². The molecule has 0 radical (unpaired) electrons. The van der Waals surface area contributed by atoms with Crippen molar-refractivity contribution >= 4 is 34.8 Å². The third-order valence-corrected chi connectivity index (χ3v) is 5.13. The Morgan fingerprint density at radius 2 is 1.80 bits per heavy atom. The van der Waals surface area contributed by atoms with Gasteiger partial charge < -0.3 is 15.5 Å². The minimum absolute atomic E-state index is 0. The molecule has 0 unspecified atom stereocenters. The number of fused-ring (bicyclic) bond motifs is 1. The van der Waals surface area contributed by atoms with Crippen molar-refractivity contribution in [1.82, 2.24) is 20.7 Å². The highest BCUT2D eigenvalue weighted by molar-refractivity contribution is 5.91. The summed E-state index contributed by atoms with van der Waals surface area (Å²) in [6, 6.07) is 9.26. The molecule has 1 atom stereocenters. The van der Waals surface area contributed by atoms with E-state index in [0.29, 0.717) is 11.3 Å². The molecule has 10 heteroatoms. The third-order valence-electron chi connectivity index (χ3n) is 5.13.